The van der Waals surface area contributed by atoms with Crippen molar-refractivity contribution in [3.05, 3.63) is 90.5 Å². The summed E-state index contributed by atoms with van der Waals surface area (Å²) < 4.78 is 5.89. The number of ether oxygens (including phenoxy) is 1. The van der Waals surface area contributed by atoms with Crippen molar-refractivity contribution in [2.75, 3.05) is 12.4 Å². The molecular formula is C23H18N4O3. The molecule has 2 aromatic carbocycles. The van der Waals surface area contributed by atoms with Crippen LogP contribution in [0.5, 0.6) is 11.5 Å². The number of hydrogen-bond donors (Lipinski definition) is 2. The van der Waals surface area contributed by atoms with Gasteiger partial charge in [0, 0.05) is 36.6 Å². The van der Waals surface area contributed by atoms with Gasteiger partial charge in [-0.25, -0.2) is 0 Å². The van der Waals surface area contributed by atoms with E-state index in [1.54, 1.807) is 49.6 Å². The molecule has 0 aliphatic carbocycles. The van der Waals surface area contributed by atoms with Gasteiger partial charge in [0.2, 0.25) is 0 Å². The van der Waals surface area contributed by atoms with Gasteiger partial charge in [0.05, 0.1) is 0 Å². The normalized spacial score (nSPS) is 10.4. The Morgan fingerprint density at radius 1 is 0.800 bits per heavy atom. The Kier molecular flexibility index (Phi) is 5.34. The van der Waals surface area contributed by atoms with Crippen molar-refractivity contribution in [2.45, 2.75) is 0 Å². The standard InChI is InChI=1S/C23H18N4O3/c1-24-22(28)21-14-17(10-12-26-21)30-16-8-9-18-15(13-16)5-4-7-19(18)27-23(29)20-6-2-3-11-25-20/h2-14H,1H3,(H,24,28)(H,27,29). The highest BCUT2D eigenvalue weighted by Gasteiger charge is 2.11. The molecule has 0 aliphatic heterocycles. The quantitative estimate of drug-likeness (QED) is 0.529. The number of carbonyl (C=O) groups excluding carboxylic acids is 2. The van der Waals surface area contributed by atoms with Crippen LogP contribution in [-0.2, 0) is 0 Å². The van der Waals surface area contributed by atoms with Crippen molar-refractivity contribution in [2.24, 2.45) is 0 Å². The first kappa shape index (κ1) is 19.1. The summed E-state index contributed by atoms with van der Waals surface area (Å²) in [6.07, 6.45) is 3.10. The lowest BCUT2D eigenvalue weighted by molar-refractivity contribution is 0.0957. The number of fused-ring (bicyclic) bond motifs is 1. The zero-order valence-corrected chi connectivity index (χ0v) is 16.1. The van der Waals surface area contributed by atoms with Gasteiger partial charge < -0.3 is 15.4 Å². The van der Waals surface area contributed by atoms with Crippen LogP contribution in [0.4, 0.5) is 5.69 Å². The summed E-state index contributed by atoms with van der Waals surface area (Å²) in [6.45, 7) is 0. The minimum absolute atomic E-state index is 0.273. The van der Waals surface area contributed by atoms with Crippen molar-refractivity contribution in [1.82, 2.24) is 15.3 Å². The number of anilines is 1. The molecule has 148 valence electrons. The molecule has 2 aromatic heterocycles. The van der Waals surface area contributed by atoms with Crippen LogP contribution in [0.3, 0.4) is 0 Å². The highest BCUT2D eigenvalue weighted by atomic mass is 16.5. The average molecular weight is 398 g/mol. The largest absolute Gasteiger partial charge is 0.457 e. The SMILES string of the molecule is CNC(=O)c1cc(Oc2ccc3c(NC(=O)c4ccccn4)cccc3c2)ccn1. The summed E-state index contributed by atoms with van der Waals surface area (Å²) >= 11 is 0. The first-order valence-corrected chi connectivity index (χ1v) is 9.25. The number of hydrogen-bond acceptors (Lipinski definition) is 5. The molecule has 30 heavy (non-hydrogen) atoms. The maximum Gasteiger partial charge on any atom is 0.274 e. The molecule has 0 atom stereocenters. The van der Waals surface area contributed by atoms with Gasteiger partial charge in [0.15, 0.2) is 0 Å². The van der Waals surface area contributed by atoms with Crippen molar-refractivity contribution >= 4 is 28.3 Å². The maximum atomic E-state index is 12.4. The maximum absolute atomic E-state index is 12.4. The third-order valence-electron chi connectivity index (χ3n) is 4.42. The molecule has 0 radical (unpaired) electrons. The fourth-order valence-corrected chi connectivity index (χ4v) is 2.98. The lowest BCUT2D eigenvalue weighted by atomic mass is 10.1. The van der Waals surface area contributed by atoms with E-state index in [2.05, 4.69) is 20.6 Å². The van der Waals surface area contributed by atoms with Gasteiger partial charge in [-0.3, -0.25) is 19.6 Å². The zero-order chi connectivity index (χ0) is 20.9. The van der Waals surface area contributed by atoms with Crippen LogP contribution < -0.4 is 15.4 Å². The Morgan fingerprint density at radius 2 is 1.63 bits per heavy atom. The molecule has 0 bridgehead atoms. The molecule has 4 aromatic rings. The first-order valence-electron chi connectivity index (χ1n) is 9.25. The Hall–Kier alpha value is -4.26. The Balaban J connectivity index is 1.58. The van der Waals surface area contributed by atoms with Crippen LogP contribution in [-0.4, -0.2) is 28.8 Å². The minimum Gasteiger partial charge on any atom is -0.457 e. The minimum atomic E-state index is -0.285. The first-order chi connectivity index (χ1) is 14.6. The summed E-state index contributed by atoms with van der Waals surface area (Å²) in [5.41, 5.74) is 1.30. The van der Waals surface area contributed by atoms with Crippen LogP contribution in [0, 0.1) is 0 Å². The second kappa shape index (κ2) is 8.40. The predicted octanol–water partition coefficient (Wildman–Crippen LogP) is 4.03. The number of carbonyl (C=O) groups is 2. The van der Waals surface area contributed by atoms with Crippen molar-refractivity contribution < 1.29 is 14.3 Å². The van der Waals surface area contributed by atoms with Crippen LogP contribution in [0.25, 0.3) is 10.8 Å². The molecule has 0 unspecified atom stereocenters. The Bertz CT molecular complexity index is 1230. The summed E-state index contributed by atoms with van der Waals surface area (Å²) in [6, 6.07) is 19.6. The van der Waals surface area contributed by atoms with Crippen molar-refractivity contribution in [3.63, 3.8) is 0 Å². The molecule has 2 N–H and O–H groups in total. The molecule has 0 aliphatic rings. The summed E-state index contributed by atoms with van der Waals surface area (Å²) in [5.74, 6) is 0.543. The summed E-state index contributed by atoms with van der Waals surface area (Å²) in [7, 11) is 1.55. The van der Waals surface area contributed by atoms with E-state index in [0.717, 1.165) is 10.8 Å². The second-order valence-corrected chi connectivity index (χ2v) is 6.42. The molecule has 7 nitrogen and oxygen atoms in total. The molecule has 0 saturated carbocycles. The molecule has 0 saturated heterocycles. The van der Waals surface area contributed by atoms with Gasteiger partial charge in [-0.15, -0.1) is 0 Å². The van der Waals surface area contributed by atoms with E-state index in [4.69, 9.17) is 4.74 Å². The Morgan fingerprint density at radius 3 is 2.43 bits per heavy atom. The second-order valence-electron chi connectivity index (χ2n) is 6.42. The number of benzene rings is 2. The van der Waals surface area contributed by atoms with E-state index in [-0.39, 0.29) is 17.5 Å². The monoisotopic (exact) mass is 398 g/mol. The molecule has 4 rings (SSSR count). The number of aromatic nitrogens is 2. The van der Waals surface area contributed by atoms with Crippen LogP contribution in [0.15, 0.2) is 79.1 Å². The van der Waals surface area contributed by atoms with Crippen molar-refractivity contribution in [3.8, 4) is 11.5 Å². The third-order valence-corrected chi connectivity index (χ3v) is 4.42. The molecule has 2 heterocycles. The molecule has 0 fully saturated rings. The fraction of sp³-hybridized carbons (Fsp3) is 0.0435. The average Bonchev–Trinajstić information content (AvgIpc) is 2.79. The predicted molar refractivity (Wildman–Crippen MR) is 114 cm³/mol. The van der Waals surface area contributed by atoms with E-state index in [0.29, 0.717) is 22.9 Å². The van der Waals surface area contributed by atoms with Gasteiger partial charge in [-0.1, -0.05) is 18.2 Å². The van der Waals surface area contributed by atoms with Gasteiger partial charge >= 0.3 is 0 Å². The molecule has 0 spiro atoms. The number of amides is 2. The van der Waals surface area contributed by atoms with Gasteiger partial charge in [-0.2, -0.15) is 0 Å². The van der Waals surface area contributed by atoms with Gasteiger partial charge in [-0.05, 0) is 47.9 Å². The fourth-order valence-electron chi connectivity index (χ4n) is 2.98. The van der Waals surface area contributed by atoms with E-state index in [9.17, 15) is 9.59 Å². The highest BCUT2D eigenvalue weighted by molar-refractivity contribution is 6.08. The van der Waals surface area contributed by atoms with Gasteiger partial charge in [0.1, 0.15) is 22.9 Å². The molecular weight excluding hydrogens is 380 g/mol. The van der Waals surface area contributed by atoms with Gasteiger partial charge in [0.25, 0.3) is 11.8 Å². The lowest BCUT2D eigenvalue weighted by Gasteiger charge is -2.11. The van der Waals surface area contributed by atoms with Crippen LogP contribution in [0.2, 0.25) is 0 Å². The smallest absolute Gasteiger partial charge is 0.274 e. The third kappa shape index (κ3) is 4.10. The van der Waals surface area contributed by atoms with Crippen molar-refractivity contribution in [1.29, 1.82) is 0 Å². The van der Waals surface area contributed by atoms with Crippen LogP contribution in [0.1, 0.15) is 21.0 Å². The number of nitrogens with zero attached hydrogens (tertiary/aromatic N) is 2. The van der Waals surface area contributed by atoms with E-state index in [1.807, 2.05) is 30.3 Å². The molecule has 2 amide bonds. The van der Waals surface area contributed by atoms with Crippen LogP contribution >= 0.6 is 0 Å². The Labute approximate surface area is 172 Å². The number of rotatable bonds is 5. The summed E-state index contributed by atoms with van der Waals surface area (Å²) in [5, 5.41) is 7.20. The van der Waals surface area contributed by atoms with E-state index < -0.39 is 0 Å². The summed E-state index contributed by atoms with van der Waals surface area (Å²) in [4.78, 5) is 32.3. The van der Waals surface area contributed by atoms with E-state index in [1.165, 1.54) is 6.20 Å². The highest BCUT2D eigenvalue weighted by Crippen LogP contribution is 2.30. The topological polar surface area (TPSA) is 93.2 Å². The van der Waals surface area contributed by atoms with E-state index >= 15 is 0 Å². The number of nitrogens with one attached hydrogen (secondary N) is 2. The molecule has 7 heteroatoms. The number of pyridine rings is 2. The zero-order valence-electron chi connectivity index (χ0n) is 16.1. The lowest BCUT2D eigenvalue weighted by Crippen LogP contribution is -2.18.